The Morgan fingerprint density at radius 1 is 1.18 bits per heavy atom. The van der Waals surface area contributed by atoms with E-state index in [1.807, 2.05) is 0 Å². The number of carbonyl (C=O) groups is 1. The van der Waals surface area contributed by atoms with E-state index >= 15 is 0 Å². The van der Waals surface area contributed by atoms with Crippen LogP contribution in [0.4, 0.5) is 13.2 Å². The summed E-state index contributed by atoms with van der Waals surface area (Å²) < 4.78 is 40.7. The normalized spacial score (nSPS) is 14.5. The van der Waals surface area contributed by atoms with Crippen LogP contribution in [0.2, 0.25) is 0 Å². The summed E-state index contributed by atoms with van der Waals surface area (Å²) in [6.07, 6.45) is -4.00. The first-order valence-corrected chi connectivity index (χ1v) is 5.81. The molecule has 0 bridgehead atoms. The Morgan fingerprint density at radius 3 is 2.12 bits per heavy atom. The van der Waals surface area contributed by atoms with Crippen molar-refractivity contribution in [1.82, 2.24) is 0 Å². The number of hydrogen-bond donors (Lipinski definition) is 0. The zero-order valence-electron chi connectivity index (χ0n) is 10.9. The average Bonchev–Trinajstić information content (AvgIpc) is 2.07. The van der Waals surface area contributed by atoms with Crippen LogP contribution in [-0.4, -0.2) is 17.7 Å². The summed E-state index contributed by atoms with van der Waals surface area (Å²) >= 11 is 0. The standard InChI is InChI=1S/C12H21F3O2/c1-9(10(16)17-11(2,3)4)7-5-6-8-12(13,14)15/h9H,5-8H2,1-4H3. The lowest BCUT2D eigenvalue weighted by atomic mass is 10.0. The second-order valence-corrected chi connectivity index (χ2v) is 5.30. The van der Waals surface area contributed by atoms with Crippen molar-refractivity contribution in [2.24, 2.45) is 5.92 Å². The van der Waals surface area contributed by atoms with E-state index in [2.05, 4.69) is 0 Å². The van der Waals surface area contributed by atoms with Crippen molar-refractivity contribution in [1.29, 1.82) is 0 Å². The highest BCUT2D eigenvalue weighted by molar-refractivity contribution is 5.72. The Balaban J connectivity index is 3.80. The first-order valence-electron chi connectivity index (χ1n) is 5.81. The zero-order chi connectivity index (χ0) is 13.7. The third-order valence-electron chi connectivity index (χ3n) is 2.16. The molecule has 17 heavy (non-hydrogen) atoms. The monoisotopic (exact) mass is 254 g/mol. The Morgan fingerprint density at radius 2 is 1.71 bits per heavy atom. The maximum atomic E-state index is 11.9. The lowest BCUT2D eigenvalue weighted by Crippen LogP contribution is -2.27. The van der Waals surface area contributed by atoms with Crippen LogP contribution in [0.5, 0.6) is 0 Å². The molecule has 0 aromatic heterocycles. The topological polar surface area (TPSA) is 26.3 Å². The van der Waals surface area contributed by atoms with Gasteiger partial charge in [-0.1, -0.05) is 13.3 Å². The van der Waals surface area contributed by atoms with E-state index in [0.29, 0.717) is 12.8 Å². The molecular formula is C12H21F3O2. The van der Waals surface area contributed by atoms with Crippen LogP contribution < -0.4 is 0 Å². The number of rotatable bonds is 5. The van der Waals surface area contributed by atoms with E-state index in [1.165, 1.54) is 0 Å². The van der Waals surface area contributed by atoms with Crippen LogP contribution in [-0.2, 0) is 9.53 Å². The smallest absolute Gasteiger partial charge is 0.389 e. The molecule has 0 spiro atoms. The molecule has 0 fully saturated rings. The molecule has 0 aromatic rings. The predicted molar refractivity (Wildman–Crippen MR) is 59.5 cm³/mol. The minimum Gasteiger partial charge on any atom is -0.460 e. The van der Waals surface area contributed by atoms with E-state index < -0.39 is 18.2 Å². The Hall–Kier alpha value is -0.740. The van der Waals surface area contributed by atoms with Gasteiger partial charge in [-0.2, -0.15) is 13.2 Å². The molecule has 1 unspecified atom stereocenters. The number of esters is 1. The van der Waals surface area contributed by atoms with Gasteiger partial charge in [0.1, 0.15) is 5.60 Å². The van der Waals surface area contributed by atoms with Gasteiger partial charge in [-0.3, -0.25) is 4.79 Å². The summed E-state index contributed by atoms with van der Waals surface area (Å²) in [7, 11) is 0. The van der Waals surface area contributed by atoms with Crippen LogP contribution in [0.15, 0.2) is 0 Å². The van der Waals surface area contributed by atoms with E-state index in [1.54, 1.807) is 27.7 Å². The summed E-state index contributed by atoms with van der Waals surface area (Å²) in [5, 5.41) is 0. The Labute approximate surface area is 101 Å². The number of ether oxygens (including phenoxy) is 1. The van der Waals surface area contributed by atoms with Gasteiger partial charge >= 0.3 is 12.1 Å². The fourth-order valence-corrected chi connectivity index (χ4v) is 1.30. The summed E-state index contributed by atoms with van der Waals surface area (Å²) in [5.41, 5.74) is -0.544. The molecular weight excluding hydrogens is 233 g/mol. The van der Waals surface area contributed by atoms with Gasteiger partial charge in [0.25, 0.3) is 0 Å². The quantitative estimate of drug-likeness (QED) is 0.545. The van der Waals surface area contributed by atoms with Crippen LogP contribution in [0.1, 0.15) is 53.4 Å². The van der Waals surface area contributed by atoms with Crippen molar-refractivity contribution in [3.63, 3.8) is 0 Å². The molecule has 102 valence electrons. The fraction of sp³-hybridized carbons (Fsp3) is 0.917. The predicted octanol–water partition coefficient (Wildman–Crippen LogP) is 4.09. The highest BCUT2D eigenvalue weighted by Gasteiger charge is 2.26. The molecule has 0 aliphatic carbocycles. The number of unbranched alkanes of at least 4 members (excludes halogenated alkanes) is 1. The molecule has 0 aromatic carbocycles. The van der Waals surface area contributed by atoms with Gasteiger partial charge in [-0.05, 0) is 33.6 Å². The van der Waals surface area contributed by atoms with E-state index in [4.69, 9.17) is 4.74 Å². The van der Waals surface area contributed by atoms with Gasteiger partial charge in [-0.25, -0.2) is 0 Å². The molecule has 0 N–H and O–H groups in total. The van der Waals surface area contributed by atoms with Crippen molar-refractivity contribution in [3.8, 4) is 0 Å². The van der Waals surface area contributed by atoms with Crippen molar-refractivity contribution in [3.05, 3.63) is 0 Å². The van der Waals surface area contributed by atoms with Crippen LogP contribution >= 0.6 is 0 Å². The van der Waals surface area contributed by atoms with Crippen molar-refractivity contribution >= 4 is 5.97 Å². The summed E-state index contributed by atoms with van der Waals surface area (Å²) in [5.74, 6) is -0.688. The number of alkyl halides is 3. The maximum Gasteiger partial charge on any atom is 0.389 e. The van der Waals surface area contributed by atoms with Gasteiger partial charge in [0.15, 0.2) is 0 Å². The summed E-state index contributed by atoms with van der Waals surface area (Å²) in [6, 6.07) is 0. The molecule has 5 heteroatoms. The van der Waals surface area contributed by atoms with Crippen LogP contribution in [0, 0.1) is 5.92 Å². The first-order chi connectivity index (χ1) is 7.51. The molecule has 0 amide bonds. The minimum atomic E-state index is -4.10. The van der Waals surface area contributed by atoms with Gasteiger partial charge in [-0.15, -0.1) is 0 Å². The highest BCUT2D eigenvalue weighted by Crippen LogP contribution is 2.24. The third-order valence-corrected chi connectivity index (χ3v) is 2.16. The number of carbonyl (C=O) groups excluding carboxylic acids is 1. The SMILES string of the molecule is CC(CCCCC(F)(F)F)C(=O)OC(C)(C)C. The van der Waals surface area contributed by atoms with Crippen LogP contribution in [0.3, 0.4) is 0 Å². The molecule has 0 saturated carbocycles. The maximum absolute atomic E-state index is 11.9. The van der Waals surface area contributed by atoms with Gasteiger partial charge in [0.2, 0.25) is 0 Å². The Bertz CT molecular complexity index is 241. The highest BCUT2D eigenvalue weighted by atomic mass is 19.4. The van der Waals surface area contributed by atoms with Crippen molar-refractivity contribution < 1.29 is 22.7 Å². The van der Waals surface area contributed by atoms with Crippen molar-refractivity contribution in [2.75, 3.05) is 0 Å². The van der Waals surface area contributed by atoms with E-state index in [0.717, 1.165) is 0 Å². The lowest BCUT2D eigenvalue weighted by Gasteiger charge is -2.22. The van der Waals surface area contributed by atoms with Gasteiger partial charge < -0.3 is 4.74 Å². The zero-order valence-corrected chi connectivity index (χ0v) is 10.9. The molecule has 0 aliphatic rings. The summed E-state index contributed by atoms with van der Waals surface area (Å²) in [6.45, 7) is 6.98. The fourth-order valence-electron chi connectivity index (χ4n) is 1.30. The second kappa shape index (κ2) is 6.26. The summed E-state index contributed by atoms with van der Waals surface area (Å²) in [4.78, 5) is 11.5. The third kappa shape index (κ3) is 10.1. The van der Waals surface area contributed by atoms with E-state index in [-0.39, 0.29) is 18.3 Å². The Kier molecular flexibility index (Phi) is 5.99. The van der Waals surface area contributed by atoms with Crippen molar-refractivity contribution in [2.45, 2.75) is 65.2 Å². The molecule has 0 heterocycles. The second-order valence-electron chi connectivity index (χ2n) is 5.30. The molecule has 0 rings (SSSR count). The molecule has 0 saturated heterocycles. The van der Waals surface area contributed by atoms with Crippen LogP contribution in [0.25, 0.3) is 0 Å². The average molecular weight is 254 g/mol. The number of halogens is 3. The molecule has 0 radical (unpaired) electrons. The molecule has 0 aliphatic heterocycles. The van der Waals surface area contributed by atoms with Gasteiger partial charge in [0.05, 0.1) is 5.92 Å². The number of hydrogen-bond acceptors (Lipinski definition) is 2. The molecule has 2 nitrogen and oxygen atoms in total. The lowest BCUT2D eigenvalue weighted by molar-refractivity contribution is -0.159. The minimum absolute atomic E-state index is 0.0661. The van der Waals surface area contributed by atoms with Gasteiger partial charge in [0, 0.05) is 6.42 Å². The first kappa shape index (κ1) is 16.3. The largest absolute Gasteiger partial charge is 0.460 e. The molecule has 1 atom stereocenters. The van der Waals surface area contributed by atoms with E-state index in [9.17, 15) is 18.0 Å².